The number of nitrogens with zero attached hydrogens (tertiary/aromatic N) is 2. The van der Waals surface area contributed by atoms with Crippen molar-refractivity contribution in [2.45, 2.75) is 4.90 Å². The molecule has 1 fully saturated rings. The number of rotatable bonds is 6. The molecule has 3 rings (SSSR count). The summed E-state index contributed by atoms with van der Waals surface area (Å²) in [6.07, 6.45) is 3.97. The van der Waals surface area contributed by atoms with Gasteiger partial charge in [0.25, 0.3) is 5.91 Å². The van der Waals surface area contributed by atoms with Crippen LogP contribution in [0.25, 0.3) is 6.08 Å². The zero-order chi connectivity index (χ0) is 18.4. The summed E-state index contributed by atoms with van der Waals surface area (Å²) in [6.45, 7) is 0.951. The van der Waals surface area contributed by atoms with Gasteiger partial charge in [0.15, 0.2) is 5.17 Å². The van der Waals surface area contributed by atoms with E-state index in [-0.39, 0.29) is 5.91 Å². The monoisotopic (exact) mass is 384 g/mol. The third-order valence-corrected chi connectivity index (χ3v) is 5.55. The first-order valence-electron chi connectivity index (χ1n) is 8.19. The lowest BCUT2D eigenvalue weighted by atomic mass is 10.2. The number of amidine groups is 1. The lowest BCUT2D eigenvalue weighted by Gasteiger charge is -2.14. The normalized spacial score (nSPS) is 17.5. The molecule has 0 aliphatic carbocycles. The lowest BCUT2D eigenvalue weighted by Crippen LogP contribution is -2.32. The first-order valence-corrected chi connectivity index (χ1v) is 10.2. The second kappa shape index (κ2) is 9.07. The maximum absolute atomic E-state index is 12.8. The van der Waals surface area contributed by atoms with Gasteiger partial charge in [0.05, 0.1) is 23.7 Å². The number of thioether (sulfide) groups is 2. The molecule has 0 bridgehead atoms. The number of ether oxygens (including phenoxy) is 1. The van der Waals surface area contributed by atoms with Gasteiger partial charge >= 0.3 is 0 Å². The highest BCUT2D eigenvalue weighted by Gasteiger charge is 2.33. The molecule has 0 unspecified atom stereocenters. The van der Waals surface area contributed by atoms with Gasteiger partial charge in [-0.05, 0) is 53.9 Å². The van der Waals surface area contributed by atoms with Crippen molar-refractivity contribution in [2.75, 3.05) is 26.5 Å². The predicted octanol–water partition coefficient (Wildman–Crippen LogP) is 4.66. The van der Waals surface area contributed by atoms with E-state index in [9.17, 15) is 4.79 Å². The third kappa shape index (κ3) is 4.58. The smallest absolute Gasteiger partial charge is 0.266 e. The van der Waals surface area contributed by atoms with Crippen LogP contribution in [0.2, 0.25) is 0 Å². The van der Waals surface area contributed by atoms with Crippen LogP contribution in [0.4, 0.5) is 5.69 Å². The third-order valence-electron chi connectivity index (χ3n) is 3.80. The fraction of sp³-hybridized carbons (Fsp3) is 0.200. The molecule has 1 aliphatic rings. The Morgan fingerprint density at radius 3 is 2.54 bits per heavy atom. The minimum Gasteiger partial charge on any atom is -0.383 e. The van der Waals surface area contributed by atoms with E-state index < -0.39 is 0 Å². The first-order chi connectivity index (χ1) is 12.7. The van der Waals surface area contributed by atoms with Crippen molar-refractivity contribution in [3.63, 3.8) is 0 Å². The van der Waals surface area contributed by atoms with E-state index in [1.807, 2.05) is 54.8 Å². The highest BCUT2D eigenvalue weighted by Crippen LogP contribution is 2.34. The molecule has 1 heterocycles. The largest absolute Gasteiger partial charge is 0.383 e. The number of para-hydroxylation sites is 1. The predicted molar refractivity (Wildman–Crippen MR) is 111 cm³/mol. The molecule has 1 amide bonds. The van der Waals surface area contributed by atoms with Crippen LogP contribution in [0.1, 0.15) is 5.56 Å². The van der Waals surface area contributed by atoms with Crippen molar-refractivity contribution in [1.29, 1.82) is 0 Å². The van der Waals surface area contributed by atoms with Gasteiger partial charge in [0.1, 0.15) is 0 Å². The Hall–Kier alpha value is -2.02. The molecule has 0 radical (unpaired) electrons. The summed E-state index contributed by atoms with van der Waals surface area (Å²) in [4.78, 5) is 21.0. The fourth-order valence-electron chi connectivity index (χ4n) is 2.44. The van der Waals surface area contributed by atoms with Crippen molar-refractivity contribution < 1.29 is 9.53 Å². The molecule has 0 saturated carbocycles. The number of carbonyl (C=O) groups is 1. The second-order valence-electron chi connectivity index (χ2n) is 5.56. The molecule has 6 heteroatoms. The summed E-state index contributed by atoms with van der Waals surface area (Å²) in [5, 5.41) is 0.685. The van der Waals surface area contributed by atoms with E-state index in [0.717, 1.165) is 11.3 Å². The Morgan fingerprint density at radius 2 is 1.88 bits per heavy atom. The van der Waals surface area contributed by atoms with Crippen LogP contribution in [0.5, 0.6) is 0 Å². The Kier molecular flexibility index (Phi) is 6.55. The van der Waals surface area contributed by atoms with Gasteiger partial charge in [-0.2, -0.15) is 0 Å². The highest BCUT2D eigenvalue weighted by molar-refractivity contribution is 8.18. The van der Waals surface area contributed by atoms with E-state index in [2.05, 4.69) is 17.1 Å². The summed E-state index contributed by atoms with van der Waals surface area (Å²) < 4.78 is 5.15. The van der Waals surface area contributed by atoms with E-state index in [0.29, 0.717) is 23.2 Å². The Morgan fingerprint density at radius 1 is 1.15 bits per heavy atom. The van der Waals surface area contributed by atoms with Gasteiger partial charge in [-0.3, -0.25) is 9.69 Å². The highest BCUT2D eigenvalue weighted by atomic mass is 32.2. The number of carbonyl (C=O) groups excluding carboxylic acids is 1. The molecule has 2 aromatic rings. The average Bonchev–Trinajstić information content (AvgIpc) is 2.96. The molecule has 4 nitrogen and oxygen atoms in total. The molecule has 1 aliphatic heterocycles. The zero-order valence-corrected chi connectivity index (χ0v) is 16.3. The van der Waals surface area contributed by atoms with Gasteiger partial charge in [-0.25, -0.2) is 4.99 Å². The number of aliphatic imine (C=N–C) groups is 1. The lowest BCUT2D eigenvalue weighted by molar-refractivity contribution is -0.122. The maximum Gasteiger partial charge on any atom is 0.266 e. The van der Waals surface area contributed by atoms with Crippen LogP contribution in [0.15, 0.2) is 69.4 Å². The van der Waals surface area contributed by atoms with Gasteiger partial charge in [-0.15, -0.1) is 11.8 Å². The quantitative estimate of drug-likeness (QED) is 0.537. The summed E-state index contributed by atoms with van der Waals surface area (Å²) in [7, 11) is 1.63. The van der Waals surface area contributed by atoms with Crippen LogP contribution in [-0.4, -0.2) is 42.5 Å². The number of hydrogen-bond donors (Lipinski definition) is 0. The number of hydrogen-bond acceptors (Lipinski definition) is 5. The number of amides is 1. The Bertz CT molecular complexity index is 817. The van der Waals surface area contributed by atoms with Crippen molar-refractivity contribution in [3.05, 3.63) is 65.1 Å². The Labute approximate surface area is 162 Å². The molecule has 0 spiro atoms. The van der Waals surface area contributed by atoms with E-state index in [1.165, 1.54) is 16.7 Å². The number of methoxy groups -OCH3 is 1. The minimum absolute atomic E-state index is 0.0318. The molecular formula is C20H20N2O2S2. The van der Waals surface area contributed by atoms with Crippen molar-refractivity contribution in [1.82, 2.24) is 4.90 Å². The van der Waals surface area contributed by atoms with Gasteiger partial charge in [0.2, 0.25) is 0 Å². The Balaban J connectivity index is 1.89. The molecule has 1 saturated heterocycles. The van der Waals surface area contributed by atoms with Gasteiger partial charge in [-0.1, -0.05) is 30.3 Å². The molecule has 0 aromatic heterocycles. The van der Waals surface area contributed by atoms with Gasteiger partial charge in [0, 0.05) is 12.0 Å². The molecular weight excluding hydrogens is 364 g/mol. The van der Waals surface area contributed by atoms with Crippen LogP contribution < -0.4 is 0 Å². The van der Waals surface area contributed by atoms with Gasteiger partial charge < -0.3 is 4.74 Å². The molecule has 134 valence electrons. The average molecular weight is 385 g/mol. The minimum atomic E-state index is -0.0318. The summed E-state index contributed by atoms with van der Waals surface area (Å²) in [5.41, 5.74) is 1.84. The SMILES string of the molecule is COCCN1C(=O)/C(=C/c2ccc(SC)cc2)SC1=Nc1ccccc1. The van der Waals surface area contributed by atoms with Crippen LogP contribution >= 0.6 is 23.5 Å². The van der Waals surface area contributed by atoms with Crippen molar-refractivity contribution in [2.24, 2.45) is 4.99 Å². The molecule has 0 N–H and O–H groups in total. The van der Waals surface area contributed by atoms with Crippen LogP contribution in [0, 0.1) is 0 Å². The first kappa shape index (κ1) is 18.8. The van der Waals surface area contributed by atoms with Crippen molar-refractivity contribution >= 4 is 46.4 Å². The standard InChI is InChI=1S/C20H20N2O2S2/c1-24-13-12-22-19(23)18(14-15-8-10-17(25-2)11-9-15)26-20(22)21-16-6-4-3-5-7-16/h3-11,14H,12-13H2,1-2H3/b18-14-,21-20?. The summed E-state index contributed by atoms with van der Waals surface area (Å²) in [6, 6.07) is 17.8. The summed E-state index contributed by atoms with van der Waals surface area (Å²) >= 11 is 3.10. The van der Waals surface area contributed by atoms with E-state index in [1.54, 1.807) is 23.8 Å². The topological polar surface area (TPSA) is 41.9 Å². The van der Waals surface area contributed by atoms with Crippen LogP contribution in [0.3, 0.4) is 0 Å². The molecule has 26 heavy (non-hydrogen) atoms. The van der Waals surface area contributed by atoms with E-state index in [4.69, 9.17) is 4.74 Å². The second-order valence-corrected chi connectivity index (χ2v) is 7.45. The van der Waals surface area contributed by atoms with Crippen molar-refractivity contribution in [3.8, 4) is 0 Å². The number of benzene rings is 2. The van der Waals surface area contributed by atoms with Crippen LogP contribution in [-0.2, 0) is 9.53 Å². The maximum atomic E-state index is 12.8. The zero-order valence-electron chi connectivity index (χ0n) is 14.7. The molecule has 0 atom stereocenters. The molecule has 2 aromatic carbocycles. The fourth-order valence-corrected chi connectivity index (χ4v) is 3.87. The summed E-state index contributed by atoms with van der Waals surface area (Å²) in [5.74, 6) is -0.0318. The van der Waals surface area contributed by atoms with E-state index >= 15 is 0 Å².